The summed E-state index contributed by atoms with van der Waals surface area (Å²) in [4.78, 5) is 38.0. The van der Waals surface area contributed by atoms with E-state index in [1.165, 1.54) is 205 Å². The third kappa shape index (κ3) is 51.1. The van der Waals surface area contributed by atoms with Crippen LogP contribution in [0.1, 0.15) is 323 Å². The molecular formula is C58H110O6. The molecule has 0 saturated heterocycles. The Morgan fingerprint density at radius 1 is 0.297 bits per heavy atom. The number of unbranched alkanes of at least 4 members (excludes halogenated alkanes) is 40. The van der Waals surface area contributed by atoms with Crippen LogP contribution >= 0.6 is 0 Å². The SMILES string of the molecule is CCCC/C=C\CCCCCCC(=O)OCC(COC(=O)CCCCCCCCCCCCCCCCCCCCC)OC(=O)CCCCCCCCCCCCCCCCCCC. The van der Waals surface area contributed by atoms with Gasteiger partial charge >= 0.3 is 17.9 Å². The lowest BCUT2D eigenvalue weighted by molar-refractivity contribution is -0.167. The van der Waals surface area contributed by atoms with Crippen molar-refractivity contribution in [2.75, 3.05) is 13.2 Å². The molecule has 0 aliphatic carbocycles. The summed E-state index contributed by atoms with van der Waals surface area (Å²) in [5, 5.41) is 0. The van der Waals surface area contributed by atoms with Crippen molar-refractivity contribution >= 4 is 17.9 Å². The topological polar surface area (TPSA) is 78.9 Å². The maximum absolute atomic E-state index is 12.8. The van der Waals surface area contributed by atoms with E-state index in [1.54, 1.807) is 0 Å². The number of hydrogen-bond donors (Lipinski definition) is 0. The number of hydrogen-bond acceptors (Lipinski definition) is 6. The Morgan fingerprint density at radius 3 is 0.828 bits per heavy atom. The van der Waals surface area contributed by atoms with E-state index >= 15 is 0 Å². The Labute approximate surface area is 399 Å². The van der Waals surface area contributed by atoms with E-state index in [0.29, 0.717) is 19.3 Å². The second-order valence-corrected chi connectivity index (χ2v) is 19.6. The zero-order valence-corrected chi connectivity index (χ0v) is 43.3. The number of carbonyl (C=O) groups excluding carboxylic acids is 3. The Hall–Kier alpha value is -1.85. The van der Waals surface area contributed by atoms with Crippen molar-refractivity contribution in [2.45, 2.75) is 329 Å². The molecule has 1 unspecified atom stereocenters. The maximum Gasteiger partial charge on any atom is 0.306 e. The minimum atomic E-state index is -0.768. The number of allylic oxidation sites excluding steroid dienone is 2. The van der Waals surface area contributed by atoms with Gasteiger partial charge in [-0.25, -0.2) is 0 Å². The van der Waals surface area contributed by atoms with Crippen molar-refractivity contribution in [1.82, 2.24) is 0 Å². The van der Waals surface area contributed by atoms with Gasteiger partial charge < -0.3 is 14.2 Å². The highest BCUT2D eigenvalue weighted by atomic mass is 16.6. The normalized spacial score (nSPS) is 12.0. The molecule has 0 aromatic carbocycles. The Balaban J connectivity index is 4.24. The summed E-state index contributed by atoms with van der Waals surface area (Å²) in [6.07, 6.45) is 60.7. The minimum absolute atomic E-state index is 0.0677. The first kappa shape index (κ1) is 62.1. The molecule has 0 spiro atoms. The second-order valence-electron chi connectivity index (χ2n) is 19.6. The van der Waals surface area contributed by atoms with E-state index in [0.717, 1.165) is 77.0 Å². The van der Waals surface area contributed by atoms with Crippen molar-refractivity contribution in [2.24, 2.45) is 0 Å². The zero-order valence-electron chi connectivity index (χ0n) is 43.3. The van der Waals surface area contributed by atoms with Crippen LogP contribution in [0.3, 0.4) is 0 Å². The Kier molecular flexibility index (Phi) is 52.2. The molecule has 0 aliphatic rings. The molecule has 1 atom stereocenters. The first-order valence-electron chi connectivity index (χ1n) is 28.7. The monoisotopic (exact) mass is 903 g/mol. The predicted octanol–water partition coefficient (Wildman–Crippen LogP) is 18.9. The third-order valence-corrected chi connectivity index (χ3v) is 13.0. The van der Waals surface area contributed by atoms with Crippen molar-refractivity contribution in [3.63, 3.8) is 0 Å². The van der Waals surface area contributed by atoms with Crippen LogP contribution in [0.4, 0.5) is 0 Å². The quantitative estimate of drug-likeness (QED) is 0.0262. The summed E-state index contributed by atoms with van der Waals surface area (Å²) in [6, 6.07) is 0. The molecule has 0 aromatic rings. The van der Waals surface area contributed by atoms with Crippen LogP contribution in [0.25, 0.3) is 0 Å². The van der Waals surface area contributed by atoms with Gasteiger partial charge in [0.15, 0.2) is 6.10 Å². The highest BCUT2D eigenvalue weighted by Crippen LogP contribution is 2.17. The molecule has 0 N–H and O–H groups in total. The molecule has 6 heteroatoms. The third-order valence-electron chi connectivity index (χ3n) is 13.0. The Bertz CT molecular complexity index is 993. The lowest BCUT2D eigenvalue weighted by Crippen LogP contribution is -2.30. The highest BCUT2D eigenvalue weighted by Gasteiger charge is 2.19. The number of carbonyl (C=O) groups is 3. The summed E-state index contributed by atoms with van der Waals surface area (Å²) >= 11 is 0. The molecule has 0 amide bonds. The van der Waals surface area contributed by atoms with Gasteiger partial charge in [-0.2, -0.15) is 0 Å². The first-order valence-corrected chi connectivity index (χ1v) is 28.7. The van der Waals surface area contributed by atoms with Gasteiger partial charge in [0, 0.05) is 19.3 Å². The summed E-state index contributed by atoms with van der Waals surface area (Å²) in [5.74, 6) is -0.859. The standard InChI is InChI=1S/C58H110O6/c1-4-7-10-13-16-19-22-24-26-28-29-31-32-34-36-39-42-45-48-51-57(60)63-54-55(53-62-56(59)50-47-44-41-38-21-18-15-12-9-6-3)64-58(61)52-49-46-43-40-37-35-33-30-27-25-23-20-17-14-11-8-5-2/h15,18,55H,4-14,16-17,19-54H2,1-3H3/b18-15-. The van der Waals surface area contributed by atoms with Crippen molar-refractivity contribution < 1.29 is 28.6 Å². The van der Waals surface area contributed by atoms with Crippen LogP contribution in [0, 0.1) is 0 Å². The molecule has 0 aromatic heterocycles. The molecule has 0 radical (unpaired) electrons. The number of ether oxygens (including phenoxy) is 3. The lowest BCUT2D eigenvalue weighted by Gasteiger charge is -2.18. The van der Waals surface area contributed by atoms with Crippen LogP contribution in [0.15, 0.2) is 12.2 Å². The number of rotatable bonds is 53. The van der Waals surface area contributed by atoms with Crippen molar-refractivity contribution in [1.29, 1.82) is 0 Å². The molecule has 0 heterocycles. The molecule has 0 fully saturated rings. The second kappa shape index (κ2) is 53.8. The van der Waals surface area contributed by atoms with Gasteiger partial charge in [0.25, 0.3) is 0 Å². The van der Waals surface area contributed by atoms with E-state index in [9.17, 15) is 14.4 Å². The molecule has 6 nitrogen and oxygen atoms in total. The van der Waals surface area contributed by atoms with E-state index in [4.69, 9.17) is 14.2 Å². The molecule has 0 aliphatic heterocycles. The van der Waals surface area contributed by atoms with Crippen LogP contribution in [-0.2, 0) is 28.6 Å². The van der Waals surface area contributed by atoms with Gasteiger partial charge in [-0.15, -0.1) is 0 Å². The van der Waals surface area contributed by atoms with Crippen molar-refractivity contribution in [3.8, 4) is 0 Å². The van der Waals surface area contributed by atoms with Gasteiger partial charge in [-0.1, -0.05) is 277 Å². The molecule has 64 heavy (non-hydrogen) atoms. The van der Waals surface area contributed by atoms with Crippen LogP contribution in [0.2, 0.25) is 0 Å². The van der Waals surface area contributed by atoms with Crippen LogP contribution in [0.5, 0.6) is 0 Å². The van der Waals surface area contributed by atoms with E-state index < -0.39 is 6.10 Å². The summed E-state index contributed by atoms with van der Waals surface area (Å²) in [6.45, 7) is 6.64. The predicted molar refractivity (Wildman–Crippen MR) is 275 cm³/mol. The van der Waals surface area contributed by atoms with Gasteiger partial charge in [0.05, 0.1) is 0 Å². The zero-order chi connectivity index (χ0) is 46.5. The molecule has 378 valence electrons. The molecular weight excluding hydrogens is 793 g/mol. The molecule has 0 rings (SSSR count). The average Bonchev–Trinajstić information content (AvgIpc) is 3.29. The van der Waals surface area contributed by atoms with E-state index in [-0.39, 0.29) is 31.1 Å². The van der Waals surface area contributed by atoms with Crippen LogP contribution < -0.4 is 0 Å². The minimum Gasteiger partial charge on any atom is -0.462 e. The highest BCUT2D eigenvalue weighted by molar-refractivity contribution is 5.71. The van der Waals surface area contributed by atoms with Gasteiger partial charge in [0.2, 0.25) is 0 Å². The molecule has 0 bridgehead atoms. The fourth-order valence-electron chi connectivity index (χ4n) is 8.66. The van der Waals surface area contributed by atoms with E-state index in [1.807, 2.05) is 0 Å². The van der Waals surface area contributed by atoms with Gasteiger partial charge in [-0.3, -0.25) is 14.4 Å². The number of esters is 3. The summed E-state index contributed by atoms with van der Waals surface area (Å²) in [7, 11) is 0. The van der Waals surface area contributed by atoms with Crippen LogP contribution in [-0.4, -0.2) is 37.2 Å². The largest absolute Gasteiger partial charge is 0.462 e. The van der Waals surface area contributed by atoms with Crippen molar-refractivity contribution in [3.05, 3.63) is 12.2 Å². The summed E-state index contributed by atoms with van der Waals surface area (Å²) in [5.41, 5.74) is 0. The fourth-order valence-corrected chi connectivity index (χ4v) is 8.66. The first-order chi connectivity index (χ1) is 31.5. The fraction of sp³-hybridized carbons (Fsp3) is 0.914. The summed E-state index contributed by atoms with van der Waals surface area (Å²) < 4.78 is 16.8. The van der Waals surface area contributed by atoms with E-state index in [2.05, 4.69) is 32.9 Å². The van der Waals surface area contributed by atoms with Gasteiger partial charge in [0.1, 0.15) is 13.2 Å². The molecule has 0 saturated carbocycles. The smallest absolute Gasteiger partial charge is 0.306 e. The Morgan fingerprint density at radius 2 is 0.531 bits per heavy atom. The lowest BCUT2D eigenvalue weighted by atomic mass is 10.0. The maximum atomic E-state index is 12.8. The average molecular weight is 904 g/mol. The van der Waals surface area contributed by atoms with Gasteiger partial charge in [-0.05, 0) is 38.5 Å².